The van der Waals surface area contributed by atoms with Crippen LogP contribution in [0.25, 0.3) is 0 Å². The Morgan fingerprint density at radius 2 is 1.48 bits per heavy atom. The van der Waals surface area contributed by atoms with Crippen LogP contribution in [-0.2, 0) is 32.6 Å². The maximum Gasteiger partial charge on any atom is 0.264 e. The van der Waals surface area contributed by atoms with Gasteiger partial charge in [-0.1, -0.05) is 108 Å². The van der Waals surface area contributed by atoms with E-state index in [1.165, 1.54) is 17.0 Å². The number of halogens is 2. The molecule has 1 N–H and O–H groups in total. The number of sulfonamides is 1. The molecule has 1 atom stereocenters. The van der Waals surface area contributed by atoms with E-state index in [1.54, 1.807) is 66.7 Å². The Labute approximate surface area is 273 Å². The van der Waals surface area contributed by atoms with Gasteiger partial charge in [0.2, 0.25) is 11.8 Å². The molecule has 0 saturated carbocycles. The zero-order chi connectivity index (χ0) is 31.7. The van der Waals surface area contributed by atoms with Crippen molar-refractivity contribution in [2.45, 2.75) is 37.8 Å². The summed E-state index contributed by atoms with van der Waals surface area (Å²) in [6, 6.07) is 30.3. The van der Waals surface area contributed by atoms with Crippen LogP contribution >= 0.6 is 27.5 Å². The molecule has 4 rings (SSSR count). The van der Waals surface area contributed by atoms with E-state index in [0.717, 1.165) is 15.4 Å². The number of anilines is 1. The lowest BCUT2D eigenvalue weighted by Gasteiger charge is -2.34. The molecule has 0 fully saturated rings. The van der Waals surface area contributed by atoms with E-state index in [4.69, 9.17) is 11.6 Å². The third kappa shape index (κ3) is 8.94. The van der Waals surface area contributed by atoms with Crippen molar-refractivity contribution in [2.75, 3.05) is 17.4 Å². The fraction of sp³-hybridized carbons (Fsp3) is 0.235. The summed E-state index contributed by atoms with van der Waals surface area (Å²) in [6.07, 6.45) is 0.242. The van der Waals surface area contributed by atoms with Crippen molar-refractivity contribution in [3.05, 3.63) is 130 Å². The summed E-state index contributed by atoms with van der Waals surface area (Å²) >= 11 is 9.56. The maximum absolute atomic E-state index is 14.4. The zero-order valence-electron chi connectivity index (χ0n) is 24.6. The van der Waals surface area contributed by atoms with Gasteiger partial charge in [0, 0.05) is 29.0 Å². The van der Waals surface area contributed by atoms with Crippen molar-refractivity contribution in [3.63, 3.8) is 0 Å². The second-order valence-corrected chi connectivity index (χ2v) is 14.0. The average Bonchev–Trinajstić information content (AvgIpc) is 3.02. The molecule has 4 aromatic rings. The van der Waals surface area contributed by atoms with Crippen LogP contribution in [0.1, 0.15) is 25.0 Å². The monoisotopic (exact) mass is 695 g/mol. The standard InChI is InChI=1S/C34H35BrClN3O4S/c1-25(2)22-37-34(41)32(20-26-10-5-3-6-11-26)38(23-27-16-18-29(36)19-17-27)33(40)24-39(30-13-9-12-28(35)21-30)44(42,43)31-14-7-4-8-15-31/h3-19,21,25,32H,20,22-24H2,1-2H3,(H,37,41)/t32-/m1/s1. The number of hydrogen-bond donors (Lipinski definition) is 1. The summed E-state index contributed by atoms with van der Waals surface area (Å²) in [6.45, 7) is 3.96. The summed E-state index contributed by atoms with van der Waals surface area (Å²) < 4.78 is 29.8. The molecule has 10 heteroatoms. The minimum Gasteiger partial charge on any atom is -0.354 e. The number of carbonyl (C=O) groups excluding carboxylic acids is 2. The molecule has 0 radical (unpaired) electrons. The molecule has 0 aliphatic heterocycles. The van der Waals surface area contributed by atoms with E-state index in [9.17, 15) is 18.0 Å². The van der Waals surface area contributed by atoms with Crippen molar-refractivity contribution in [2.24, 2.45) is 5.92 Å². The summed E-state index contributed by atoms with van der Waals surface area (Å²) in [5.41, 5.74) is 1.93. The van der Waals surface area contributed by atoms with Crippen LogP contribution in [0.3, 0.4) is 0 Å². The molecule has 7 nitrogen and oxygen atoms in total. The predicted molar refractivity (Wildman–Crippen MR) is 179 cm³/mol. The fourth-order valence-corrected chi connectivity index (χ4v) is 6.58. The van der Waals surface area contributed by atoms with Gasteiger partial charge in [-0.3, -0.25) is 13.9 Å². The van der Waals surface area contributed by atoms with Gasteiger partial charge in [0.25, 0.3) is 10.0 Å². The Bertz CT molecular complexity index is 1650. The molecule has 0 aliphatic carbocycles. The first-order valence-electron chi connectivity index (χ1n) is 14.2. The minimum absolute atomic E-state index is 0.0486. The molecule has 0 aromatic heterocycles. The van der Waals surface area contributed by atoms with E-state index >= 15 is 0 Å². The first kappa shape index (κ1) is 33.2. The van der Waals surface area contributed by atoms with Gasteiger partial charge in [0.05, 0.1) is 10.6 Å². The van der Waals surface area contributed by atoms with Gasteiger partial charge < -0.3 is 10.2 Å². The maximum atomic E-state index is 14.4. The van der Waals surface area contributed by atoms with Crippen molar-refractivity contribution in [1.29, 1.82) is 0 Å². The zero-order valence-corrected chi connectivity index (χ0v) is 27.7. The Morgan fingerprint density at radius 1 is 0.841 bits per heavy atom. The number of hydrogen-bond acceptors (Lipinski definition) is 4. The summed E-state index contributed by atoms with van der Waals surface area (Å²) in [7, 11) is -4.16. The summed E-state index contributed by atoms with van der Waals surface area (Å²) in [5.74, 6) is -0.648. The highest BCUT2D eigenvalue weighted by Crippen LogP contribution is 2.27. The Morgan fingerprint density at radius 3 is 2.09 bits per heavy atom. The van der Waals surface area contributed by atoms with E-state index in [0.29, 0.717) is 21.7 Å². The lowest BCUT2D eigenvalue weighted by Crippen LogP contribution is -2.53. The molecular weight excluding hydrogens is 662 g/mol. The van der Waals surface area contributed by atoms with E-state index in [2.05, 4.69) is 21.2 Å². The van der Waals surface area contributed by atoms with Crippen molar-refractivity contribution >= 4 is 55.1 Å². The van der Waals surface area contributed by atoms with Gasteiger partial charge in [0.1, 0.15) is 12.6 Å². The number of amides is 2. The molecule has 0 aliphatic rings. The highest BCUT2D eigenvalue weighted by atomic mass is 79.9. The van der Waals surface area contributed by atoms with E-state index < -0.39 is 28.5 Å². The first-order chi connectivity index (χ1) is 21.0. The number of nitrogens with one attached hydrogen (secondary N) is 1. The number of nitrogens with zero attached hydrogens (tertiary/aromatic N) is 2. The molecule has 230 valence electrons. The largest absolute Gasteiger partial charge is 0.354 e. The van der Waals surface area contributed by atoms with Crippen molar-refractivity contribution in [3.8, 4) is 0 Å². The summed E-state index contributed by atoms with van der Waals surface area (Å²) in [5, 5.41) is 3.53. The van der Waals surface area contributed by atoms with Crippen LogP contribution in [0.2, 0.25) is 5.02 Å². The molecule has 0 spiro atoms. The Balaban J connectivity index is 1.79. The lowest BCUT2D eigenvalue weighted by molar-refractivity contribution is -0.140. The second kappa shape index (κ2) is 15.4. The number of carbonyl (C=O) groups is 2. The highest BCUT2D eigenvalue weighted by Gasteiger charge is 2.34. The fourth-order valence-electron chi connectivity index (χ4n) is 4.64. The van der Waals surface area contributed by atoms with Gasteiger partial charge in [0.15, 0.2) is 0 Å². The SMILES string of the molecule is CC(C)CNC(=O)[C@@H](Cc1ccccc1)N(Cc1ccc(Cl)cc1)C(=O)CN(c1cccc(Br)c1)S(=O)(=O)c1ccccc1. The van der Waals surface area contributed by atoms with E-state index in [-0.39, 0.29) is 29.7 Å². The highest BCUT2D eigenvalue weighted by molar-refractivity contribution is 9.10. The van der Waals surface area contributed by atoms with Gasteiger partial charge in [-0.25, -0.2) is 8.42 Å². The second-order valence-electron chi connectivity index (χ2n) is 10.8. The minimum atomic E-state index is -4.16. The molecule has 0 heterocycles. The number of benzene rings is 4. The molecule has 0 bridgehead atoms. The Kier molecular flexibility index (Phi) is 11.6. The first-order valence-corrected chi connectivity index (χ1v) is 16.8. The van der Waals surface area contributed by atoms with Crippen LogP contribution in [-0.4, -0.2) is 44.3 Å². The van der Waals surface area contributed by atoms with Crippen LogP contribution in [0.5, 0.6) is 0 Å². The predicted octanol–water partition coefficient (Wildman–Crippen LogP) is 6.71. The van der Waals surface area contributed by atoms with Crippen LogP contribution in [0, 0.1) is 5.92 Å². The van der Waals surface area contributed by atoms with E-state index in [1.807, 2.05) is 44.2 Å². The van der Waals surface area contributed by atoms with Gasteiger partial charge in [-0.15, -0.1) is 0 Å². The molecule has 2 amide bonds. The van der Waals surface area contributed by atoms with Gasteiger partial charge >= 0.3 is 0 Å². The third-order valence-corrected chi connectivity index (χ3v) is 9.46. The van der Waals surface area contributed by atoms with Crippen LogP contribution < -0.4 is 9.62 Å². The summed E-state index contributed by atoms with van der Waals surface area (Å²) in [4.78, 5) is 29.8. The molecular formula is C34H35BrClN3O4S. The normalized spacial score (nSPS) is 12.0. The Hall–Kier alpha value is -3.66. The topological polar surface area (TPSA) is 86.8 Å². The molecule has 4 aromatic carbocycles. The number of rotatable bonds is 13. The van der Waals surface area contributed by atoms with Gasteiger partial charge in [-0.05, 0) is 59.5 Å². The van der Waals surface area contributed by atoms with Crippen LogP contribution in [0.4, 0.5) is 5.69 Å². The van der Waals surface area contributed by atoms with Crippen LogP contribution in [0.15, 0.2) is 119 Å². The van der Waals surface area contributed by atoms with Crippen molar-refractivity contribution < 1.29 is 18.0 Å². The smallest absolute Gasteiger partial charge is 0.264 e. The average molecular weight is 697 g/mol. The lowest BCUT2D eigenvalue weighted by atomic mass is 10.0. The quantitative estimate of drug-likeness (QED) is 0.168. The molecule has 44 heavy (non-hydrogen) atoms. The molecule has 0 saturated heterocycles. The van der Waals surface area contributed by atoms with Gasteiger partial charge in [-0.2, -0.15) is 0 Å². The van der Waals surface area contributed by atoms with Crippen molar-refractivity contribution in [1.82, 2.24) is 10.2 Å². The third-order valence-electron chi connectivity index (χ3n) is 6.93. The molecule has 0 unspecified atom stereocenters.